The maximum atomic E-state index is 14.0. The van der Waals surface area contributed by atoms with Gasteiger partial charge in [-0.2, -0.15) is 4.72 Å². The molecule has 6 nitrogen and oxygen atoms in total. The molecule has 0 saturated heterocycles. The molecule has 0 aliphatic carbocycles. The highest BCUT2D eigenvalue weighted by atomic mass is 32.2. The van der Waals surface area contributed by atoms with Crippen LogP contribution in [0.2, 0.25) is 0 Å². The predicted molar refractivity (Wildman–Crippen MR) is 109 cm³/mol. The van der Waals surface area contributed by atoms with Crippen molar-refractivity contribution in [2.75, 3.05) is 13.7 Å². The number of carbonyl (C=O) groups is 1. The zero-order valence-electron chi connectivity index (χ0n) is 17.4. The normalized spacial score (nSPS) is 12.6. The number of rotatable bonds is 9. The lowest BCUT2D eigenvalue weighted by Crippen LogP contribution is -2.51. The molecule has 0 spiro atoms. The maximum absolute atomic E-state index is 14.0. The zero-order valence-corrected chi connectivity index (χ0v) is 18.2. The standard InChI is InChI=1S/C21H26F2N2O4S/c1-5-25(13-17-18(22)7-6-8-19(17)23)21(26)20(14(2)3)24-30(27,28)16-11-9-15(29-4)10-12-16/h6-12,14,20,24H,5,13H2,1-4H3/t20-/m0/s1. The van der Waals surface area contributed by atoms with Gasteiger partial charge in [0, 0.05) is 12.1 Å². The lowest BCUT2D eigenvalue weighted by atomic mass is 10.0. The Bertz CT molecular complexity index is 959. The molecule has 2 rings (SSSR count). The molecule has 0 radical (unpaired) electrons. The summed E-state index contributed by atoms with van der Waals surface area (Å²) in [7, 11) is -2.54. The quantitative estimate of drug-likeness (QED) is 0.649. The fraction of sp³-hybridized carbons (Fsp3) is 0.381. The number of methoxy groups -OCH3 is 1. The molecular formula is C21H26F2N2O4S. The number of sulfonamides is 1. The smallest absolute Gasteiger partial charge is 0.241 e. The highest BCUT2D eigenvalue weighted by molar-refractivity contribution is 7.89. The SMILES string of the molecule is CCN(Cc1c(F)cccc1F)C(=O)[C@@H](NS(=O)(=O)c1ccc(OC)cc1)C(C)C. The third-order valence-electron chi connectivity index (χ3n) is 4.69. The number of benzene rings is 2. The van der Waals surface area contributed by atoms with Gasteiger partial charge in [0.1, 0.15) is 23.4 Å². The van der Waals surface area contributed by atoms with Crippen molar-refractivity contribution < 1.29 is 26.7 Å². The molecule has 164 valence electrons. The summed E-state index contributed by atoms with van der Waals surface area (Å²) in [5, 5.41) is 0. The molecule has 0 aliphatic heterocycles. The van der Waals surface area contributed by atoms with Crippen molar-refractivity contribution in [3.8, 4) is 5.75 Å². The van der Waals surface area contributed by atoms with E-state index in [0.29, 0.717) is 5.75 Å². The second-order valence-electron chi connectivity index (χ2n) is 7.07. The van der Waals surface area contributed by atoms with Gasteiger partial charge >= 0.3 is 0 Å². The summed E-state index contributed by atoms with van der Waals surface area (Å²) in [6.07, 6.45) is 0. The molecular weight excluding hydrogens is 414 g/mol. The van der Waals surface area contributed by atoms with Crippen LogP contribution < -0.4 is 9.46 Å². The second kappa shape index (κ2) is 9.99. The molecule has 1 amide bonds. The molecule has 30 heavy (non-hydrogen) atoms. The molecule has 0 aliphatic rings. The number of hydrogen-bond donors (Lipinski definition) is 1. The number of hydrogen-bond acceptors (Lipinski definition) is 4. The summed E-state index contributed by atoms with van der Waals surface area (Å²) in [6, 6.07) is 8.11. The zero-order chi connectivity index (χ0) is 22.5. The Morgan fingerprint density at radius 3 is 2.13 bits per heavy atom. The molecule has 0 aromatic heterocycles. The van der Waals surface area contributed by atoms with Gasteiger partial charge in [-0.1, -0.05) is 19.9 Å². The Kier molecular flexibility index (Phi) is 7.91. The summed E-state index contributed by atoms with van der Waals surface area (Å²) in [5.74, 6) is -1.99. The first-order valence-electron chi connectivity index (χ1n) is 9.48. The van der Waals surface area contributed by atoms with Gasteiger partial charge in [0.15, 0.2) is 0 Å². The van der Waals surface area contributed by atoms with Crippen LogP contribution >= 0.6 is 0 Å². The van der Waals surface area contributed by atoms with Crippen LogP contribution in [0, 0.1) is 17.6 Å². The minimum atomic E-state index is -4.01. The van der Waals surface area contributed by atoms with E-state index < -0.39 is 39.5 Å². The number of ether oxygens (including phenoxy) is 1. The summed E-state index contributed by atoms with van der Waals surface area (Å²) in [4.78, 5) is 14.3. The molecule has 9 heteroatoms. The lowest BCUT2D eigenvalue weighted by molar-refractivity contribution is -0.134. The van der Waals surface area contributed by atoms with E-state index in [1.165, 1.54) is 42.3 Å². The number of amides is 1. The van der Waals surface area contributed by atoms with Crippen molar-refractivity contribution >= 4 is 15.9 Å². The van der Waals surface area contributed by atoms with Gasteiger partial charge < -0.3 is 9.64 Å². The van der Waals surface area contributed by atoms with Crippen molar-refractivity contribution in [1.82, 2.24) is 9.62 Å². The van der Waals surface area contributed by atoms with Crippen LogP contribution in [-0.4, -0.2) is 38.9 Å². The van der Waals surface area contributed by atoms with E-state index in [0.717, 1.165) is 12.1 Å². The van der Waals surface area contributed by atoms with Crippen LogP contribution in [0.5, 0.6) is 5.75 Å². The van der Waals surface area contributed by atoms with E-state index >= 15 is 0 Å². The monoisotopic (exact) mass is 440 g/mol. The summed E-state index contributed by atoms with van der Waals surface area (Å²) < 4.78 is 61.1. The van der Waals surface area contributed by atoms with Crippen LogP contribution in [0.3, 0.4) is 0 Å². The Labute approximate surface area is 175 Å². The van der Waals surface area contributed by atoms with Crippen LogP contribution in [0.1, 0.15) is 26.3 Å². The van der Waals surface area contributed by atoms with E-state index in [1.807, 2.05) is 0 Å². The first-order valence-corrected chi connectivity index (χ1v) is 11.0. The Morgan fingerprint density at radius 1 is 1.10 bits per heavy atom. The van der Waals surface area contributed by atoms with Gasteiger partial charge in [0.05, 0.1) is 18.6 Å². The Morgan fingerprint density at radius 2 is 1.67 bits per heavy atom. The van der Waals surface area contributed by atoms with Gasteiger partial charge in [-0.05, 0) is 49.2 Å². The fourth-order valence-electron chi connectivity index (χ4n) is 2.88. The second-order valence-corrected chi connectivity index (χ2v) is 8.79. The first-order chi connectivity index (χ1) is 14.1. The lowest BCUT2D eigenvalue weighted by Gasteiger charge is -2.29. The van der Waals surface area contributed by atoms with Crippen LogP contribution in [-0.2, 0) is 21.4 Å². The molecule has 0 heterocycles. The van der Waals surface area contributed by atoms with E-state index in [2.05, 4.69) is 4.72 Å². The molecule has 1 N–H and O–H groups in total. The molecule has 0 fully saturated rings. The van der Waals surface area contributed by atoms with Gasteiger partial charge in [0.25, 0.3) is 0 Å². The molecule has 0 bridgehead atoms. The number of halogens is 2. The predicted octanol–water partition coefficient (Wildman–Crippen LogP) is 3.33. The topological polar surface area (TPSA) is 75.7 Å². The average molecular weight is 441 g/mol. The molecule has 2 aromatic rings. The number of nitrogens with zero attached hydrogens (tertiary/aromatic N) is 1. The molecule has 0 unspecified atom stereocenters. The minimum absolute atomic E-state index is 0.0232. The van der Waals surface area contributed by atoms with Crippen LogP contribution in [0.25, 0.3) is 0 Å². The van der Waals surface area contributed by atoms with E-state index in [9.17, 15) is 22.0 Å². The van der Waals surface area contributed by atoms with Crippen LogP contribution in [0.15, 0.2) is 47.4 Å². The molecule has 0 saturated carbocycles. The molecule has 1 atom stereocenters. The van der Waals surface area contributed by atoms with Gasteiger partial charge in [0.2, 0.25) is 15.9 Å². The van der Waals surface area contributed by atoms with Gasteiger partial charge in [-0.25, -0.2) is 17.2 Å². The Hall–Kier alpha value is -2.52. The van der Waals surface area contributed by atoms with E-state index in [-0.39, 0.29) is 23.5 Å². The van der Waals surface area contributed by atoms with E-state index in [1.54, 1.807) is 20.8 Å². The van der Waals surface area contributed by atoms with Crippen LogP contribution in [0.4, 0.5) is 8.78 Å². The highest BCUT2D eigenvalue weighted by Crippen LogP contribution is 2.19. The minimum Gasteiger partial charge on any atom is -0.497 e. The third-order valence-corrected chi connectivity index (χ3v) is 6.15. The summed E-state index contributed by atoms with van der Waals surface area (Å²) in [6.45, 7) is 4.89. The first kappa shape index (κ1) is 23.8. The highest BCUT2D eigenvalue weighted by Gasteiger charge is 2.32. The average Bonchev–Trinajstić information content (AvgIpc) is 2.71. The third kappa shape index (κ3) is 5.54. The van der Waals surface area contributed by atoms with Gasteiger partial charge in [-0.15, -0.1) is 0 Å². The van der Waals surface area contributed by atoms with Crippen molar-refractivity contribution in [3.05, 3.63) is 59.7 Å². The fourth-order valence-corrected chi connectivity index (χ4v) is 4.22. The number of carbonyl (C=O) groups excluding carboxylic acids is 1. The number of nitrogens with one attached hydrogen (secondary N) is 1. The number of likely N-dealkylation sites (N-methyl/N-ethyl adjacent to an activating group) is 1. The van der Waals surface area contributed by atoms with Gasteiger partial charge in [-0.3, -0.25) is 4.79 Å². The van der Waals surface area contributed by atoms with Crippen molar-refractivity contribution in [2.24, 2.45) is 5.92 Å². The van der Waals surface area contributed by atoms with Crippen molar-refractivity contribution in [1.29, 1.82) is 0 Å². The largest absolute Gasteiger partial charge is 0.497 e. The van der Waals surface area contributed by atoms with E-state index in [4.69, 9.17) is 4.74 Å². The molecule has 2 aromatic carbocycles. The van der Waals surface area contributed by atoms with Crippen molar-refractivity contribution in [2.45, 2.75) is 38.3 Å². The summed E-state index contributed by atoms with van der Waals surface area (Å²) >= 11 is 0. The summed E-state index contributed by atoms with van der Waals surface area (Å²) in [5.41, 5.74) is -0.242. The van der Waals surface area contributed by atoms with Crippen molar-refractivity contribution in [3.63, 3.8) is 0 Å². The maximum Gasteiger partial charge on any atom is 0.241 e. The Balaban J connectivity index is 2.27.